The summed E-state index contributed by atoms with van der Waals surface area (Å²) < 4.78 is 18.5. The quantitative estimate of drug-likeness (QED) is 0.773. The third-order valence-electron chi connectivity index (χ3n) is 2.68. The van der Waals surface area contributed by atoms with Crippen molar-refractivity contribution in [2.24, 2.45) is 0 Å². The van der Waals surface area contributed by atoms with Gasteiger partial charge in [-0.25, -0.2) is 4.39 Å². The SMILES string of the molecule is COc1ccc(-c2cc(Cl)c(C=O)c(Cl)c2)cc1F. The molecule has 0 fully saturated rings. The minimum Gasteiger partial charge on any atom is -0.494 e. The van der Waals surface area contributed by atoms with Crippen molar-refractivity contribution in [2.45, 2.75) is 0 Å². The average molecular weight is 299 g/mol. The summed E-state index contributed by atoms with van der Waals surface area (Å²) in [7, 11) is 1.39. The maximum absolute atomic E-state index is 13.6. The molecule has 2 rings (SSSR count). The van der Waals surface area contributed by atoms with Gasteiger partial charge in [-0.3, -0.25) is 4.79 Å². The van der Waals surface area contributed by atoms with E-state index in [0.717, 1.165) is 0 Å². The highest BCUT2D eigenvalue weighted by Gasteiger charge is 2.10. The molecule has 0 aromatic heterocycles. The van der Waals surface area contributed by atoms with E-state index in [4.69, 9.17) is 27.9 Å². The van der Waals surface area contributed by atoms with Crippen LogP contribution in [-0.4, -0.2) is 13.4 Å². The van der Waals surface area contributed by atoms with Crippen LogP contribution in [-0.2, 0) is 0 Å². The van der Waals surface area contributed by atoms with E-state index >= 15 is 0 Å². The number of ether oxygens (including phenoxy) is 1. The van der Waals surface area contributed by atoms with Gasteiger partial charge in [0.25, 0.3) is 0 Å². The molecule has 0 spiro atoms. The van der Waals surface area contributed by atoms with Gasteiger partial charge in [0.05, 0.1) is 22.7 Å². The van der Waals surface area contributed by atoms with Gasteiger partial charge in [0.1, 0.15) is 0 Å². The summed E-state index contributed by atoms with van der Waals surface area (Å²) in [6.45, 7) is 0. The van der Waals surface area contributed by atoms with E-state index in [2.05, 4.69) is 0 Å². The molecule has 2 aromatic rings. The highest BCUT2D eigenvalue weighted by Crippen LogP contribution is 2.32. The summed E-state index contributed by atoms with van der Waals surface area (Å²) in [6.07, 6.45) is 0.586. The van der Waals surface area contributed by atoms with Crippen molar-refractivity contribution in [3.63, 3.8) is 0 Å². The highest BCUT2D eigenvalue weighted by atomic mass is 35.5. The molecule has 2 aromatic carbocycles. The summed E-state index contributed by atoms with van der Waals surface area (Å²) in [5, 5.41) is 0.461. The Bertz CT molecular complexity index is 618. The molecule has 0 aliphatic carbocycles. The number of carbonyl (C=O) groups excluding carboxylic acids is 1. The highest BCUT2D eigenvalue weighted by molar-refractivity contribution is 6.38. The van der Waals surface area contributed by atoms with Gasteiger partial charge in [-0.15, -0.1) is 0 Å². The van der Waals surface area contributed by atoms with Crippen LogP contribution in [0.2, 0.25) is 10.0 Å². The van der Waals surface area contributed by atoms with E-state index in [9.17, 15) is 9.18 Å². The zero-order valence-corrected chi connectivity index (χ0v) is 11.4. The molecule has 0 amide bonds. The van der Waals surface area contributed by atoms with E-state index in [1.807, 2.05) is 0 Å². The number of hydrogen-bond acceptors (Lipinski definition) is 2. The second-order valence-corrected chi connectivity index (χ2v) is 4.64. The summed E-state index contributed by atoms with van der Waals surface area (Å²) in [6, 6.07) is 7.66. The molecule has 0 N–H and O–H groups in total. The van der Waals surface area contributed by atoms with Gasteiger partial charge in [-0.2, -0.15) is 0 Å². The standard InChI is InChI=1S/C14H9Cl2FO2/c1-19-14-3-2-8(6-13(14)17)9-4-11(15)10(7-18)12(16)5-9/h2-7H,1H3. The Labute approximate surface area is 119 Å². The number of halogens is 3. The van der Waals surface area contributed by atoms with Crippen LogP contribution in [0.1, 0.15) is 10.4 Å². The molecule has 0 aliphatic rings. The Balaban J connectivity index is 2.53. The molecule has 0 bridgehead atoms. The van der Waals surface area contributed by atoms with E-state index in [0.29, 0.717) is 17.4 Å². The smallest absolute Gasteiger partial charge is 0.165 e. The molecule has 2 nitrogen and oxygen atoms in total. The lowest BCUT2D eigenvalue weighted by Crippen LogP contribution is -1.90. The summed E-state index contributed by atoms with van der Waals surface area (Å²) in [5.41, 5.74) is 1.45. The van der Waals surface area contributed by atoms with Crippen molar-refractivity contribution in [1.82, 2.24) is 0 Å². The Kier molecular flexibility index (Phi) is 4.08. The van der Waals surface area contributed by atoms with Crippen molar-refractivity contribution in [3.05, 3.63) is 51.8 Å². The van der Waals surface area contributed by atoms with Gasteiger partial charge in [-0.1, -0.05) is 29.3 Å². The second-order valence-electron chi connectivity index (χ2n) is 3.82. The molecule has 0 aliphatic heterocycles. The Morgan fingerprint density at radius 1 is 1.11 bits per heavy atom. The van der Waals surface area contributed by atoms with Gasteiger partial charge in [-0.05, 0) is 35.4 Å². The van der Waals surface area contributed by atoms with Crippen molar-refractivity contribution < 1.29 is 13.9 Å². The second kappa shape index (κ2) is 5.59. The zero-order valence-electron chi connectivity index (χ0n) is 9.91. The first-order chi connectivity index (χ1) is 9.06. The van der Waals surface area contributed by atoms with E-state index in [-0.39, 0.29) is 21.4 Å². The number of benzene rings is 2. The minimum atomic E-state index is -0.480. The molecule has 0 saturated carbocycles. The molecular formula is C14H9Cl2FO2. The van der Waals surface area contributed by atoms with Crippen LogP contribution < -0.4 is 4.74 Å². The maximum atomic E-state index is 13.6. The lowest BCUT2D eigenvalue weighted by molar-refractivity contribution is 0.112. The van der Waals surface area contributed by atoms with Gasteiger partial charge >= 0.3 is 0 Å². The molecule has 5 heteroatoms. The van der Waals surface area contributed by atoms with E-state index in [1.165, 1.54) is 19.2 Å². The fourth-order valence-electron chi connectivity index (χ4n) is 1.71. The molecular weight excluding hydrogens is 290 g/mol. The third kappa shape index (κ3) is 2.72. The number of hydrogen-bond donors (Lipinski definition) is 0. The summed E-state index contributed by atoms with van der Waals surface area (Å²) >= 11 is 11.9. The lowest BCUT2D eigenvalue weighted by Gasteiger charge is -2.08. The van der Waals surface area contributed by atoms with E-state index in [1.54, 1.807) is 18.2 Å². The molecule has 98 valence electrons. The first kappa shape index (κ1) is 13.8. The molecule has 0 heterocycles. The van der Waals surface area contributed by atoms with E-state index < -0.39 is 5.82 Å². The molecule has 0 unspecified atom stereocenters. The number of methoxy groups -OCH3 is 1. The lowest BCUT2D eigenvalue weighted by atomic mass is 10.0. The average Bonchev–Trinajstić information content (AvgIpc) is 2.38. The predicted octanol–water partition coefficient (Wildman–Crippen LogP) is 4.62. The van der Waals surface area contributed by atoms with Crippen LogP contribution in [0.5, 0.6) is 5.75 Å². The van der Waals surface area contributed by atoms with Crippen LogP contribution >= 0.6 is 23.2 Å². The third-order valence-corrected chi connectivity index (χ3v) is 3.31. The predicted molar refractivity (Wildman–Crippen MR) is 73.8 cm³/mol. The van der Waals surface area contributed by atoms with Crippen LogP contribution in [0.3, 0.4) is 0 Å². The van der Waals surface area contributed by atoms with Crippen molar-refractivity contribution in [1.29, 1.82) is 0 Å². The zero-order chi connectivity index (χ0) is 14.0. The van der Waals surface area contributed by atoms with Crippen molar-refractivity contribution in [2.75, 3.05) is 7.11 Å². The number of rotatable bonds is 3. The van der Waals surface area contributed by atoms with Crippen LogP contribution in [0.15, 0.2) is 30.3 Å². The van der Waals surface area contributed by atoms with Crippen LogP contribution in [0.25, 0.3) is 11.1 Å². The molecule has 19 heavy (non-hydrogen) atoms. The Hall–Kier alpha value is -1.58. The normalized spacial score (nSPS) is 10.3. The van der Waals surface area contributed by atoms with Crippen LogP contribution in [0.4, 0.5) is 4.39 Å². The van der Waals surface area contributed by atoms with Gasteiger partial charge in [0.2, 0.25) is 0 Å². The summed E-state index contributed by atoms with van der Waals surface area (Å²) in [5.74, 6) is -0.322. The number of carbonyl (C=O) groups is 1. The fourth-order valence-corrected chi connectivity index (χ4v) is 2.29. The van der Waals surface area contributed by atoms with Gasteiger partial charge < -0.3 is 4.74 Å². The Morgan fingerprint density at radius 3 is 2.21 bits per heavy atom. The topological polar surface area (TPSA) is 26.3 Å². The van der Waals surface area contributed by atoms with Gasteiger partial charge in [0.15, 0.2) is 17.9 Å². The largest absolute Gasteiger partial charge is 0.494 e. The molecule has 0 radical (unpaired) electrons. The first-order valence-corrected chi connectivity index (χ1v) is 6.10. The number of aldehydes is 1. The molecule has 0 atom stereocenters. The maximum Gasteiger partial charge on any atom is 0.165 e. The molecule has 0 saturated heterocycles. The van der Waals surface area contributed by atoms with Crippen LogP contribution in [0, 0.1) is 5.82 Å². The Morgan fingerprint density at radius 2 is 1.74 bits per heavy atom. The first-order valence-electron chi connectivity index (χ1n) is 5.35. The minimum absolute atomic E-state index is 0.158. The summed E-state index contributed by atoms with van der Waals surface area (Å²) in [4.78, 5) is 10.8. The monoisotopic (exact) mass is 298 g/mol. The fraction of sp³-hybridized carbons (Fsp3) is 0.0714. The van der Waals surface area contributed by atoms with Crippen molar-refractivity contribution >= 4 is 29.5 Å². The van der Waals surface area contributed by atoms with Crippen molar-refractivity contribution in [3.8, 4) is 16.9 Å². The van der Waals surface area contributed by atoms with Gasteiger partial charge in [0, 0.05) is 0 Å².